The highest BCUT2D eigenvalue weighted by molar-refractivity contribution is 7.89. The van der Waals surface area contributed by atoms with Crippen molar-refractivity contribution in [2.24, 2.45) is 0 Å². The maximum absolute atomic E-state index is 12.2. The van der Waals surface area contributed by atoms with Crippen LogP contribution in [0.15, 0.2) is 40.6 Å². The fourth-order valence-electron chi connectivity index (χ4n) is 2.74. The first-order valence-electron chi connectivity index (χ1n) is 7.86. The van der Waals surface area contributed by atoms with Crippen LogP contribution in [-0.4, -0.2) is 39.3 Å². The standard InChI is InChI=1S/C16H17F3N2O3S2/c17-16(18,19)24-13-1-3-14(4-2-13)26(22,23)20-7-9-21-8-5-15-12(11-21)6-10-25-15/h1-4,6,10,20H,5,7-9,11H2. The summed E-state index contributed by atoms with van der Waals surface area (Å²) in [6.07, 6.45) is -3.85. The van der Waals surface area contributed by atoms with Gasteiger partial charge in [-0.3, -0.25) is 4.90 Å². The minimum atomic E-state index is -4.81. The van der Waals surface area contributed by atoms with E-state index < -0.39 is 22.1 Å². The summed E-state index contributed by atoms with van der Waals surface area (Å²) < 4.78 is 67.1. The van der Waals surface area contributed by atoms with E-state index in [0.717, 1.165) is 43.8 Å². The Labute approximate surface area is 153 Å². The van der Waals surface area contributed by atoms with Gasteiger partial charge in [0.1, 0.15) is 5.75 Å². The second-order valence-electron chi connectivity index (χ2n) is 5.81. The van der Waals surface area contributed by atoms with Crippen molar-refractivity contribution < 1.29 is 26.3 Å². The zero-order valence-corrected chi connectivity index (χ0v) is 15.3. The topological polar surface area (TPSA) is 58.6 Å². The first-order chi connectivity index (χ1) is 12.2. The summed E-state index contributed by atoms with van der Waals surface area (Å²) in [5.74, 6) is -0.462. The van der Waals surface area contributed by atoms with Crippen molar-refractivity contribution in [3.05, 3.63) is 46.2 Å². The molecule has 1 N–H and O–H groups in total. The van der Waals surface area contributed by atoms with Gasteiger partial charge in [0.15, 0.2) is 0 Å². The molecule has 0 radical (unpaired) electrons. The van der Waals surface area contributed by atoms with Gasteiger partial charge in [0, 0.05) is 31.1 Å². The fourth-order valence-corrected chi connectivity index (χ4v) is 4.65. The molecule has 0 amide bonds. The number of halogens is 3. The Hall–Kier alpha value is -1.62. The van der Waals surface area contributed by atoms with Crippen LogP contribution < -0.4 is 9.46 Å². The van der Waals surface area contributed by atoms with Gasteiger partial charge in [0.2, 0.25) is 10.0 Å². The summed E-state index contributed by atoms with van der Waals surface area (Å²) in [7, 11) is -3.78. The maximum Gasteiger partial charge on any atom is 0.573 e. The molecule has 0 atom stereocenters. The third-order valence-corrected chi connectivity index (χ3v) is 6.47. The van der Waals surface area contributed by atoms with Crippen LogP contribution in [0.1, 0.15) is 10.4 Å². The van der Waals surface area contributed by atoms with Crippen LogP contribution in [0.2, 0.25) is 0 Å². The van der Waals surface area contributed by atoms with E-state index in [9.17, 15) is 21.6 Å². The van der Waals surface area contributed by atoms with Gasteiger partial charge in [-0.25, -0.2) is 13.1 Å². The number of sulfonamides is 1. The van der Waals surface area contributed by atoms with E-state index in [0.29, 0.717) is 6.54 Å². The van der Waals surface area contributed by atoms with Gasteiger partial charge in [-0.1, -0.05) is 0 Å². The van der Waals surface area contributed by atoms with Gasteiger partial charge < -0.3 is 4.74 Å². The predicted molar refractivity (Wildman–Crippen MR) is 91.6 cm³/mol. The van der Waals surface area contributed by atoms with E-state index >= 15 is 0 Å². The maximum atomic E-state index is 12.2. The number of nitrogens with zero attached hydrogens (tertiary/aromatic N) is 1. The molecule has 1 aromatic carbocycles. The molecule has 0 unspecified atom stereocenters. The minimum Gasteiger partial charge on any atom is -0.406 e. The molecule has 0 aliphatic carbocycles. The summed E-state index contributed by atoms with van der Waals surface area (Å²) in [5.41, 5.74) is 1.28. The number of hydrogen-bond acceptors (Lipinski definition) is 5. The number of alkyl halides is 3. The lowest BCUT2D eigenvalue weighted by molar-refractivity contribution is -0.274. The SMILES string of the molecule is O=S(=O)(NCCN1CCc2sccc2C1)c1ccc(OC(F)(F)F)cc1. The molecule has 0 saturated heterocycles. The molecule has 0 saturated carbocycles. The molecule has 1 aliphatic heterocycles. The van der Waals surface area contributed by atoms with Gasteiger partial charge in [-0.2, -0.15) is 0 Å². The van der Waals surface area contributed by atoms with Crippen molar-refractivity contribution in [2.75, 3.05) is 19.6 Å². The Morgan fingerprint density at radius 1 is 1.19 bits per heavy atom. The molecular weight excluding hydrogens is 389 g/mol. The highest BCUT2D eigenvalue weighted by atomic mass is 32.2. The van der Waals surface area contributed by atoms with Crippen molar-refractivity contribution in [2.45, 2.75) is 24.2 Å². The van der Waals surface area contributed by atoms with E-state index in [1.807, 2.05) is 0 Å². The molecule has 0 bridgehead atoms. The molecule has 2 heterocycles. The molecule has 1 aliphatic rings. The van der Waals surface area contributed by atoms with Crippen LogP contribution in [0.4, 0.5) is 13.2 Å². The smallest absolute Gasteiger partial charge is 0.406 e. The Balaban J connectivity index is 1.53. The molecule has 10 heteroatoms. The van der Waals surface area contributed by atoms with E-state index in [1.165, 1.54) is 10.4 Å². The number of fused-ring (bicyclic) bond motifs is 1. The number of benzene rings is 1. The third kappa shape index (κ3) is 4.97. The average Bonchev–Trinajstić information content (AvgIpc) is 3.01. The lowest BCUT2D eigenvalue weighted by Crippen LogP contribution is -2.37. The first-order valence-corrected chi connectivity index (χ1v) is 10.2. The highest BCUT2D eigenvalue weighted by Gasteiger charge is 2.31. The van der Waals surface area contributed by atoms with Crippen LogP contribution in [0.25, 0.3) is 0 Å². The van der Waals surface area contributed by atoms with Crippen LogP contribution in [-0.2, 0) is 23.0 Å². The lowest BCUT2D eigenvalue weighted by atomic mass is 10.1. The fraction of sp³-hybridized carbons (Fsp3) is 0.375. The van der Waals surface area contributed by atoms with E-state index in [-0.39, 0.29) is 11.4 Å². The van der Waals surface area contributed by atoms with Crippen LogP contribution in [0.5, 0.6) is 5.75 Å². The summed E-state index contributed by atoms with van der Waals surface area (Å²) >= 11 is 1.74. The van der Waals surface area contributed by atoms with Crippen LogP contribution >= 0.6 is 11.3 Å². The summed E-state index contributed by atoms with van der Waals surface area (Å²) in [6, 6.07) is 6.21. The van der Waals surface area contributed by atoms with Crippen molar-refractivity contribution >= 4 is 21.4 Å². The van der Waals surface area contributed by atoms with Crippen molar-refractivity contribution in [3.8, 4) is 5.75 Å². The molecular formula is C16H17F3N2O3S2. The zero-order valence-electron chi connectivity index (χ0n) is 13.6. The first kappa shape index (κ1) is 19.2. The Kier molecular flexibility index (Phi) is 5.56. The second kappa shape index (κ2) is 7.55. The number of ether oxygens (including phenoxy) is 1. The Morgan fingerprint density at radius 3 is 2.62 bits per heavy atom. The molecule has 26 heavy (non-hydrogen) atoms. The number of rotatable bonds is 6. The molecule has 2 aromatic rings. The van der Waals surface area contributed by atoms with E-state index in [2.05, 4.69) is 25.8 Å². The lowest BCUT2D eigenvalue weighted by Gasteiger charge is -2.26. The van der Waals surface area contributed by atoms with Crippen molar-refractivity contribution in [3.63, 3.8) is 0 Å². The van der Waals surface area contributed by atoms with Gasteiger partial charge >= 0.3 is 6.36 Å². The largest absolute Gasteiger partial charge is 0.573 e. The summed E-state index contributed by atoms with van der Waals surface area (Å²) in [6.45, 7) is 2.45. The van der Waals surface area contributed by atoms with Crippen molar-refractivity contribution in [1.29, 1.82) is 0 Å². The van der Waals surface area contributed by atoms with Crippen LogP contribution in [0, 0.1) is 0 Å². The van der Waals surface area contributed by atoms with E-state index in [4.69, 9.17) is 0 Å². The molecule has 142 valence electrons. The predicted octanol–water partition coefficient (Wildman–Crippen LogP) is 2.98. The average molecular weight is 406 g/mol. The molecule has 5 nitrogen and oxygen atoms in total. The van der Waals surface area contributed by atoms with Gasteiger partial charge in [0.25, 0.3) is 0 Å². The Bertz CT molecular complexity index is 848. The molecule has 0 fully saturated rings. The van der Waals surface area contributed by atoms with Gasteiger partial charge in [-0.05, 0) is 47.7 Å². The monoisotopic (exact) mass is 406 g/mol. The minimum absolute atomic E-state index is 0.106. The number of thiophene rings is 1. The quantitative estimate of drug-likeness (QED) is 0.801. The van der Waals surface area contributed by atoms with E-state index in [1.54, 1.807) is 11.3 Å². The van der Waals surface area contributed by atoms with Crippen molar-refractivity contribution in [1.82, 2.24) is 9.62 Å². The third-order valence-electron chi connectivity index (χ3n) is 3.97. The molecule has 3 rings (SSSR count). The normalized spacial score (nSPS) is 15.7. The van der Waals surface area contributed by atoms with Gasteiger partial charge in [-0.15, -0.1) is 24.5 Å². The summed E-state index contributed by atoms with van der Waals surface area (Å²) in [4.78, 5) is 3.44. The van der Waals surface area contributed by atoms with Gasteiger partial charge in [0.05, 0.1) is 4.90 Å². The zero-order chi connectivity index (χ0) is 18.8. The number of hydrogen-bond donors (Lipinski definition) is 1. The molecule has 0 spiro atoms. The second-order valence-corrected chi connectivity index (χ2v) is 8.58. The van der Waals surface area contributed by atoms with Crippen LogP contribution in [0.3, 0.4) is 0 Å². The number of nitrogens with one attached hydrogen (secondary N) is 1. The molecule has 1 aromatic heterocycles. The Morgan fingerprint density at radius 2 is 1.92 bits per heavy atom. The summed E-state index contributed by atoms with van der Waals surface area (Å²) in [5, 5.41) is 2.06. The highest BCUT2D eigenvalue weighted by Crippen LogP contribution is 2.25.